The quantitative estimate of drug-likeness (QED) is 0.888. The fourth-order valence-electron chi connectivity index (χ4n) is 3.76. The molecule has 4 heteroatoms. The lowest BCUT2D eigenvalue weighted by Gasteiger charge is -2.26. The normalized spacial score (nSPS) is 19.0. The van der Waals surface area contributed by atoms with Crippen LogP contribution < -0.4 is 10.6 Å². The minimum absolute atomic E-state index is 0.101. The first-order chi connectivity index (χ1) is 11.7. The number of para-hydroxylation sites is 1. The molecule has 0 saturated carbocycles. The molecule has 0 saturated heterocycles. The van der Waals surface area contributed by atoms with Gasteiger partial charge in [0.1, 0.15) is 0 Å². The van der Waals surface area contributed by atoms with Crippen LogP contribution in [0.2, 0.25) is 0 Å². The van der Waals surface area contributed by atoms with E-state index in [-0.39, 0.29) is 18.2 Å². The van der Waals surface area contributed by atoms with Crippen LogP contribution in [0.5, 0.6) is 0 Å². The van der Waals surface area contributed by atoms with Crippen molar-refractivity contribution >= 4 is 23.2 Å². The summed E-state index contributed by atoms with van der Waals surface area (Å²) in [5.74, 6) is -0.644. The smallest absolute Gasteiger partial charge is 0.232 e. The molecule has 0 bridgehead atoms. The molecular formula is C20H20N2O2. The molecule has 0 aromatic heterocycles. The van der Waals surface area contributed by atoms with Crippen molar-refractivity contribution in [3.63, 3.8) is 0 Å². The summed E-state index contributed by atoms with van der Waals surface area (Å²) in [5, 5.41) is 5.92. The van der Waals surface area contributed by atoms with Crippen LogP contribution in [0.4, 0.5) is 11.4 Å². The van der Waals surface area contributed by atoms with E-state index >= 15 is 0 Å². The molecule has 0 spiro atoms. The molecule has 1 aliphatic heterocycles. The number of nitrogens with one attached hydrogen (secondary N) is 2. The third-order valence-electron chi connectivity index (χ3n) is 4.97. The van der Waals surface area contributed by atoms with Gasteiger partial charge in [-0.05, 0) is 54.5 Å². The maximum atomic E-state index is 12.9. The van der Waals surface area contributed by atoms with E-state index < -0.39 is 5.92 Å². The van der Waals surface area contributed by atoms with Gasteiger partial charge in [0, 0.05) is 17.8 Å². The molecule has 2 aromatic carbocycles. The molecule has 1 atom stereocenters. The Bertz CT molecular complexity index is 813. The van der Waals surface area contributed by atoms with Gasteiger partial charge < -0.3 is 10.6 Å². The topological polar surface area (TPSA) is 58.2 Å². The number of aryl methyl sites for hydroxylation is 1. The monoisotopic (exact) mass is 320 g/mol. The van der Waals surface area contributed by atoms with E-state index in [1.165, 1.54) is 17.5 Å². The first-order valence-electron chi connectivity index (χ1n) is 8.53. The van der Waals surface area contributed by atoms with Crippen molar-refractivity contribution in [2.45, 2.75) is 38.0 Å². The second-order valence-corrected chi connectivity index (χ2v) is 6.53. The number of hydrogen-bond acceptors (Lipinski definition) is 2. The number of hydrogen-bond donors (Lipinski definition) is 2. The Morgan fingerprint density at radius 3 is 2.79 bits per heavy atom. The number of fused-ring (bicyclic) bond motifs is 2. The summed E-state index contributed by atoms with van der Waals surface area (Å²) < 4.78 is 0. The minimum atomic E-state index is -0.436. The fourth-order valence-corrected chi connectivity index (χ4v) is 3.76. The Labute approximate surface area is 141 Å². The third-order valence-corrected chi connectivity index (χ3v) is 4.97. The Morgan fingerprint density at radius 1 is 1.04 bits per heavy atom. The molecule has 4 rings (SSSR count). The molecule has 0 fully saturated rings. The third kappa shape index (κ3) is 2.68. The SMILES string of the molecule is O=C1CC(C(=O)Nc2cccc3c2CCCC3)c2ccccc2N1. The molecule has 2 N–H and O–H groups in total. The van der Waals surface area contributed by atoms with E-state index in [0.29, 0.717) is 0 Å². The van der Waals surface area contributed by atoms with Crippen LogP contribution in [0.1, 0.15) is 41.9 Å². The van der Waals surface area contributed by atoms with Gasteiger partial charge in [0.15, 0.2) is 0 Å². The maximum absolute atomic E-state index is 12.9. The van der Waals surface area contributed by atoms with Crippen LogP contribution in [0.3, 0.4) is 0 Å². The Balaban J connectivity index is 1.63. The van der Waals surface area contributed by atoms with Crippen molar-refractivity contribution < 1.29 is 9.59 Å². The lowest BCUT2D eigenvalue weighted by Crippen LogP contribution is -2.31. The highest BCUT2D eigenvalue weighted by atomic mass is 16.2. The van der Waals surface area contributed by atoms with Crippen LogP contribution >= 0.6 is 0 Å². The van der Waals surface area contributed by atoms with Crippen molar-refractivity contribution in [2.24, 2.45) is 0 Å². The van der Waals surface area contributed by atoms with E-state index in [2.05, 4.69) is 16.7 Å². The van der Waals surface area contributed by atoms with Crippen LogP contribution in [0.15, 0.2) is 42.5 Å². The average Bonchev–Trinajstić information content (AvgIpc) is 2.61. The first kappa shape index (κ1) is 14.9. The number of anilines is 2. The molecule has 0 radical (unpaired) electrons. The lowest BCUT2D eigenvalue weighted by atomic mass is 9.88. The summed E-state index contributed by atoms with van der Waals surface area (Å²) in [4.78, 5) is 24.8. The highest BCUT2D eigenvalue weighted by Crippen LogP contribution is 2.34. The van der Waals surface area contributed by atoms with Crippen molar-refractivity contribution in [1.29, 1.82) is 0 Å². The summed E-state index contributed by atoms with van der Waals surface area (Å²) in [6.45, 7) is 0. The number of carbonyl (C=O) groups is 2. The molecule has 1 unspecified atom stereocenters. The molecule has 24 heavy (non-hydrogen) atoms. The van der Waals surface area contributed by atoms with Gasteiger partial charge in [-0.2, -0.15) is 0 Å². The van der Waals surface area contributed by atoms with E-state index in [4.69, 9.17) is 0 Å². The highest BCUT2D eigenvalue weighted by Gasteiger charge is 2.30. The van der Waals surface area contributed by atoms with Crippen LogP contribution in [0, 0.1) is 0 Å². The van der Waals surface area contributed by atoms with E-state index in [1.54, 1.807) is 0 Å². The second-order valence-electron chi connectivity index (χ2n) is 6.53. The summed E-state index contributed by atoms with van der Waals surface area (Å²) >= 11 is 0. The van der Waals surface area contributed by atoms with Gasteiger partial charge in [-0.3, -0.25) is 9.59 Å². The second kappa shape index (κ2) is 6.11. The van der Waals surface area contributed by atoms with Crippen molar-refractivity contribution in [3.8, 4) is 0 Å². The molecule has 122 valence electrons. The summed E-state index contributed by atoms with van der Waals surface area (Å²) in [6.07, 6.45) is 4.65. The van der Waals surface area contributed by atoms with Crippen molar-refractivity contribution in [3.05, 3.63) is 59.2 Å². The molecule has 1 aliphatic carbocycles. The fraction of sp³-hybridized carbons (Fsp3) is 0.300. The van der Waals surface area contributed by atoms with E-state index in [9.17, 15) is 9.59 Å². The molecule has 2 aromatic rings. The van der Waals surface area contributed by atoms with Crippen LogP contribution in [-0.4, -0.2) is 11.8 Å². The van der Waals surface area contributed by atoms with Gasteiger partial charge >= 0.3 is 0 Å². The molecule has 2 aliphatic rings. The van der Waals surface area contributed by atoms with E-state index in [1.807, 2.05) is 36.4 Å². The first-order valence-corrected chi connectivity index (χ1v) is 8.53. The predicted molar refractivity (Wildman–Crippen MR) is 94.1 cm³/mol. The van der Waals surface area contributed by atoms with Gasteiger partial charge in [0.05, 0.1) is 5.92 Å². The summed E-state index contributed by atoms with van der Waals surface area (Å²) in [6, 6.07) is 13.6. The lowest BCUT2D eigenvalue weighted by molar-refractivity contribution is -0.123. The van der Waals surface area contributed by atoms with Gasteiger partial charge in [0.2, 0.25) is 11.8 Å². The summed E-state index contributed by atoms with van der Waals surface area (Å²) in [7, 11) is 0. The standard InChI is InChI=1S/C20H20N2O2/c23-19-12-16(15-9-3-4-10-18(15)21-19)20(24)22-17-11-5-7-13-6-1-2-8-14(13)17/h3-5,7,9-11,16H,1-2,6,8,12H2,(H,21,23)(H,22,24). The highest BCUT2D eigenvalue weighted by molar-refractivity contribution is 6.05. The summed E-state index contributed by atoms with van der Waals surface area (Å²) in [5.41, 5.74) is 5.12. The minimum Gasteiger partial charge on any atom is -0.326 e. The predicted octanol–water partition coefficient (Wildman–Crippen LogP) is 3.63. The number of rotatable bonds is 2. The van der Waals surface area contributed by atoms with Crippen LogP contribution in [0.25, 0.3) is 0 Å². The molecule has 1 heterocycles. The zero-order valence-electron chi connectivity index (χ0n) is 13.5. The zero-order chi connectivity index (χ0) is 16.5. The van der Waals surface area contributed by atoms with Gasteiger partial charge in [0.25, 0.3) is 0 Å². The molecule has 4 nitrogen and oxygen atoms in total. The number of amides is 2. The van der Waals surface area contributed by atoms with Crippen molar-refractivity contribution in [1.82, 2.24) is 0 Å². The van der Waals surface area contributed by atoms with Gasteiger partial charge in [-0.25, -0.2) is 0 Å². The number of benzene rings is 2. The van der Waals surface area contributed by atoms with Gasteiger partial charge in [-0.15, -0.1) is 0 Å². The van der Waals surface area contributed by atoms with Crippen LogP contribution in [-0.2, 0) is 22.4 Å². The molecular weight excluding hydrogens is 300 g/mol. The largest absolute Gasteiger partial charge is 0.326 e. The molecule has 2 amide bonds. The maximum Gasteiger partial charge on any atom is 0.232 e. The average molecular weight is 320 g/mol. The van der Waals surface area contributed by atoms with Gasteiger partial charge in [-0.1, -0.05) is 30.3 Å². The van der Waals surface area contributed by atoms with Crippen molar-refractivity contribution in [2.75, 3.05) is 10.6 Å². The Hall–Kier alpha value is -2.62. The Kier molecular flexibility index (Phi) is 3.81. The Morgan fingerprint density at radius 2 is 1.88 bits per heavy atom. The number of carbonyl (C=O) groups excluding carboxylic acids is 2. The van der Waals surface area contributed by atoms with E-state index in [0.717, 1.165) is 36.2 Å². The zero-order valence-corrected chi connectivity index (χ0v) is 13.5.